The molecule has 0 aliphatic rings. The van der Waals surface area contributed by atoms with Gasteiger partial charge in [0.25, 0.3) is 0 Å². The van der Waals surface area contributed by atoms with Gasteiger partial charge in [0.2, 0.25) is 0 Å². The third-order valence-electron chi connectivity index (χ3n) is 3.91. The van der Waals surface area contributed by atoms with Gasteiger partial charge in [-0.05, 0) is 36.2 Å². The number of carbonyl (C=O) groups is 2. The van der Waals surface area contributed by atoms with E-state index in [1.165, 1.54) is 18.2 Å². The molecule has 0 atom stereocenters. The molecule has 0 saturated carbocycles. The number of H-pyrrole nitrogens is 1. The highest BCUT2D eigenvalue weighted by Crippen LogP contribution is 2.20. The molecule has 3 rings (SSSR count). The van der Waals surface area contributed by atoms with Crippen molar-refractivity contribution in [2.75, 3.05) is 11.9 Å². The Kier molecular flexibility index (Phi) is 5.20. The lowest BCUT2D eigenvalue weighted by atomic mass is 10.1. The van der Waals surface area contributed by atoms with E-state index in [4.69, 9.17) is 16.9 Å². The van der Waals surface area contributed by atoms with Crippen molar-refractivity contribution in [3.8, 4) is 6.07 Å². The third-order valence-corrected chi connectivity index (χ3v) is 4.15. The molecular weight excluding hydrogens is 352 g/mol. The first kappa shape index (κ1) is 17.5. The Morgan fingerprint density at radius 2 is 1.96 bits per heavy atom. The highest BCUT2D eigenvalue weighted by molar-refractivity contribution is 6.40. The smallest absolute Gasteiger partial charge is 0.313 e. The second-order valence-corrected chi connectivity index (χ2v) is 6.06. The van der Waals surface area contributed by atoms with Gasteiger partial charge >= 0.3 is 11.8 Å². The molecule has 0 aliphatic heterocycles. The maximum atomic E-state index is 12.0. The fraction of sp³-hybridized carbons (Fsp3) is 0.105. The minimum Gasteiger partial charge on any atom is -0.361 e. The van der Waals surface area contributed by atoms with Crippen LogP contribution in [0.25, 0.3) is 10.9 Å². The minimum atomic E-state index is -0.845. The van der Waals surface area contributed by atoms with Gasteiger partial charge in [0.15, 0.2) is 0 Å². The molecule has 0 fully saturated rings. The lowest BCUT2D eigenvalue weighted by Crippen LogP contribution is -2.36. The Bertz CT molecular complexity index is 1020. The van der Waals surface area contributed by atoms with Crippen LogP contribution in [0.4, 0.5) is 5.69 Å². The van der Waals surface area contributed by atoms with Crippen LogP contribution >= 0.6 is 11.6 Å². The second kappa shape index (κ2) is 7.72. The van der Waals surface area contributed by atoms with Crippen LogP contribution in [0.5, 0.6) is 0 Å². The van der Waals surface area contributed by atoms with E-state index in [1.54, 1.807) is 0 Å². The number of aromatic amines is 1. The van der Waals surface area contributed by atoms with Crippen molar-refractivity contribution in [2.45, 2.75) is 6.42 Å². The number of fused-ring (bicyclic) bond motifs is 1. The average molecular weight is 367 g/mol. The van der Waals surface area contributed by atoms with E-state index in [1.807, 2.05) is 36.5 Å². The predicted molar refractivity (Wildman–Crippen MR) is 99.8 cm³/mol. The highest BCUT2D eigenvalue weighted by atomic mass is 35.5. The summed E-state index contributed by atoms with van der Waals surface area (Å²) in [6.07, 6.45) is 2.48. The number of rotatable bonds is 4. The lowest BCUT2D eigenvalue weighted by molar-refractivity contribution is -0.136. The maximum absolute atomic E-state index is 12.0. The maximum Gasteiger partial charge on any atom is 0.313 e. The fourth-order valence-corrected chi connectivity index (χ4v) is 2.80. The van der Waals surface area contributed by atoms with Crippen LogP contribution in [0.15, 0.2) is 48.7 Å². The molecule has 2 amide bonds. The summed E-state index contributed by atoms with van der Waals surface area (Å²) >= 11 is 5.86. The van der Waals surface area contributed by atoms with Gasteiger partial charge in [0.05, 0.1) is 11.3 Å². The van der Waals surface area contributed by atoms with Crippen molar-refractivity contribution in [1.29, 1.82) is 5.26 Å². The zero-order valence-electron chi connectivity index (χ0n) is 13.7. The van der Waals surface area contributed by atoms with E-state index in [0.29, 0.717) is 18.0 Å². The average Bonchev–Trinajstić information content (AvgIpc) is 3.05. The van der Waals surface area contributed by atoms with Gasteiger partial charge in [0, 0.05) is 28.7 Å². The number of hydrogen-bond donors (Lipinski definition) is 3. The fourth-order valence-electron chi connectivity index (χ4n) is 2.63. The molecule has 6 nitrogen and oxygen atoms in total. The summed E-state index contributed by atoms with van der Waals surface area (Å²) in [4.78, 5) is 27.2. The molecule has 0 saturated heterocycles. The number of aromatic nitrogens is 1. The number of anilines is 1. The second-order valence-electron chi connectivity index (χ2n) is 5.62. The molecule has 0 bridgehead atoms. The molecule has 26 heavy (non-hydrogen) atoms. The summed E-state index contributed by atoms with van der Waals surface area (Å²) in [7, 11) is 0. The lowest BCUT2D eigenvalue weighted by Gasteiger charge is -2.08. The van der Waals surface area contributed by atoms with Crippen molar-refractivity contribution >= 4 is 40.0 Å². The first-order valence-electron chi connectivity index (χ1n) is 7.92. The predicted octanol–water partition coefficient (Wildman–Crippen LogP) is 2.99. The SMILES string of the molecule is N#Cc1ccc(Cl)cc1NC(=O)C(=O)NCCc1c[nH]c2ccccc12. The molecule has 2 aromatic carbocycles. The Morgan fingerprint density at radius 1 is 1.15 bits per heavy atom. The topological polar surface area (TPSA) is 97.8 Å². The van der Waals surface area contributed by atoms with Crippen molar-refractivity contribution in [3.63, 3.8) is 0 Å². The Morgan fingerprint density at radius 3 is 2.77 bits per heavy atom. The molecule has 130 valence electrons. The van der Waals surface area contributed by atoms with Crippen molar-refractivity contribution < 1.29 is 9.59 Å². The Labute approximate surface area is 154 Å². The quantitative estimate of drug-likeness (QED) is 0.619. The molecule has 0 aliphatic carbocycles. The molecule has 7 heteroatoms. The van der Waals surface area contributed by atoms with E-state index in [-0.39, 0.29) is 11.3 Å². The molecule has 3 N–H and O–H groups in total. The molecule has 1 heterocycles. The van der Waals surface area contributed by atoms with E-state index < -0.39 is 11.8 Å². The van der Waals surface area contributed by atoms with Crippen LogP contribution < -0.4 is 10.6 Å². The number of halogens is 1. The molecule has 3 aromatic rings. The van der Waals surface area contributed by atoms with Gasteiger partial charge in [-0.2, -0.15) is 5.26 Å². The van der Waals surface area contributed by atoms with Crippen molar-refractivity contribution in [1.82, 2.24) is 10.3 Å². The van der Waals surface area contributed by atoms with Crippen LogP contribution in [-0.2, 0) is 16.0 Å². The minimum absolute atomic E-state index is 0.205. The number of benzene rings is 2. The van der Waals surface area contributed by atoms with Crippen LogP contribution in [0.1, 0.15) is 11.1 Å². The van der Waals surface area contributed by atoms with E-state index in [9.17, 15) is 9.59 Å². The number of carbonyl (C=O) groups excluding carboxylic acids is 2. The summed E-state index contributed by atoms with van der Waals surface area (Å²) < 4.78 is 0. The van der Waals surface area contributed by atoms with Crippen LogP contribution in [0, 0.1) is 11.3 Å². The largest absolute Gasteiger partial charge is 0.361 e. The van der Waals surface area contributed by atoms with Gasteiger partial charge in [-0.3, -0.25) is 9.59 Å². The summed E-state index contributed by atoms with van der Waals surface area (Å²) in [5.41, 5.74) is 2.52. The van der Waals surface area contributed by atoms with E-state index in [2.05, 4.69) is 15.6 Å². The van der Waals surface area contributed by atoms with Crippen molar-refractivity contribution in [2.24, 2.45) is 0 Å². The first-order chi connectivity index (χ1) is 12.6. The molecule has 0 radical (unpaired) electrons. The standard InChI is InChI=1S/C19H15ClN4O2/c20-14-6-5-12(10-21)17(9-14)24-19(26)18(25)22-8-7-13-11-23-16-4-2-1-3-15(13)16/h1-6,9,11,23H,7-8H2,(H,22,25)(H,24,26). The number of amides is 2. The summed E-state index contributed by atoms with van der Waals surface area (Å²) in [5, 5.41) is 15.5. The van der Waals surface area contributed by atoms with Gasteiger partial charge in [-0.15, -0.1) is 0 Å². The zero-order chi connectivity index (χ0) is 18.5. The van der Waals surface area contributed by atoms with Gasteiger partial charge in [-0.1, -0.05) is 29.8 Å². The number of nitrogens with zero attached hydrogens (tertiary/aromatic N) is 1. The van der Waals surface area contributed by atoms with E-state index in [0.717, 1.165) is 16.5 Å². The van der Waals surface area contributed by atoms with Gasteiger partial charge in [0.1, 0.15) is 6.07 Å². The Balaban J connectivity index is 1.57. The van der Waals surface area contributed by atoms with Crippen LogP contribution in [0.3, 0.4) is 0 Å². The monoisotopic (exact) mass is 366 g/mol. The molecule has 0 spiro atoms. The van der Waals surface area contributed by atoms with E-state index >= 15 is 0 Å². The molecule has 0 unspecified atom stereocenters. The number of para-hydroxylation sites is 1. The summed E-state index contributed by atoms with van der Waals surface area (Å²) in [6, 6.07) is 14.2. The summed E-state index contributed by atoms with van der Waals surface area (Å²) in [6.45, 7) is 0.314. The Hall–Kier alpha value is -3.30. The number of nitriles is 1. The van der Waals surface area contributed by atoms with Crippen LogP contribution in [0.2, 0.25) is 5.02 Å². The van der Waals surface area contributed by atoms with Gasteiger partial charge in [-0.25, -0.2) is 0 Å². The number of hydrogen-bond acceptors (Lipinski definition) is 3. The normalized spacial score (nSPS) is 10.3. The number of nitrogens with one attached hydrogen (secondary N) is 3. The first-order valence-corrected chi connectivity index (χ1v) is 8.30. The highest BCUT2D eigenvalue weighted by Gasteiger charge is 2.15. The van der Waals surface area contributed by atoms with Gasteiger partial charge < -0.3 is 15.6 Å². The zero-order valence-corrected chi connectivity index (χ0v) is 14.4. The molecule has 1 aromatic heterocycles. The van der Waals surface area contributed by atoms with Crippen LogP contribution in [-0.4, -0.2) is 23.3 Å². The molecular formula is C19H15ClN4O2. The summed E-state index contributed by atoms with van der Waals surface area (Å²) in [5.74, 6) is -1.61. The van der Waals surface area contributed by atoms with Crippen molar-refractivity contribution in [3.05, 3.63) is 64.8 Å². The third kappa shape index (κ3) is 3.85.